The lowest BCUT2D eigenvalue weighted by Gasteiger charge is -2.55. The van der Waals surface area contributed by atoms with E-state index in [0.29, 0.717) is 56.4 Å². The van der Waals surface area contributed by atoms with E-state index in [4.69, 9.17) is 4.74 Å². The summed E-state index contributed by atoms with van der Waals surface area (Å²) in [6, 6.07) is 2.02. The lowest BCUT2D eigenvalue weighted by atomic mass is 9.84. The minimum absolute atomic E-state index is 0.0378. The zero-order valence-electron chi connectivity index (χ0n) is 24.5. The van der Waals surface area contributed by atoms with Gasteiger partial charge in [-0.25, -0.2) is 18.2 Å². The van der Waals surface area contributed by atoms with E-state index in [1.54, 1.807) is 10.9 Å². The van der Waals surface area contributed by atoms with Gasteiger partial charge in [0.25, 0.3) is 6.43 Å². The lowest BCUT2D eigenvalue weighted by Crippen LogP contribution is -2.69. The van der Waals surface area contributed by atoms with Gasteiger partial charge < -0.3 is 19.4 Å². The molecule has 3 atom stereocenters. The second-order valence-corrected chi connectivity index (χ2v) is 12.3. The van der Waals surface area contributed by atoms with E-state index in [-0.39, 0.29) is 24.2 Å². The number of fused-ring (bicyclic) bond motifs is 5. The van der Waals surface area contributed by atoms with Crippen LogP contribution in [0, 0.1) is 6.92 Å². The van der Waals surface area contributed by atoms with Gasteiger partial charge in [-0.15, -0.1) is 0 Å². The smallest absolute Gasteiger partial charge is 0.281 e. The molecule has 7 rings (SSSR count). The van der Waals surface area contributed by atoms with Gasteiger partial charge >= 0.3 is 0 Å². The highest BCUT2D eigenvalue weighted by atomic mass is 19.3. The Bertz CT molecular complexity index is 1430. The number of nitrogens with zero attached hydrogens (tertiary/aromatic N) is 7. The number of carbonyl (C=O) groups is 1. The number of pyridine rings is 1. The van der Waals surface area contributed by atoms with Crippen LogP contribution in [0.3, 0.4) is 0 Å². The summed E-state index contributed by atoms with van der Waals surface area (Å²) in [7, 11) is 0. The van der Waals surface area contributed by atoms with Crippen LogP contribution in [0.25, 0.3) is 6.08 Å². The van der Waals surface area contributed by atoms with E-state index in [0.717, 1.165) is 43.0 Å². The van der Waals surface area contributed by atoms with E-state index in [1.165, 1.54) is 6.08 Å². The SMILES string of the molecule is C=CC(=O)N1CCN([C@@H]2CN3c4cc(N5CCC6(CC5)OCC(CF)n5ncc(C)c56)nc(C(F)F)c4C=CCC23)CC1. The van der Waals surface area contributed by atoms with Crippen molar-refractivity contribution in [1.82, 2.24) is 24.6 Å². The molecule has 0 bridgehead atoms. The predicted octanol–water partition coefficient (Wildman–Crippen LogP) is 3.86. The number of hydrogen-bond donors (Lipinski definition) is 0. The third-order valence-electron chi connectivity index (χ3n) is 10.1. The van der Waals surface area contributed by atoms with Crippen LogP contribution < -0.4 is 9.80 Å². The van der Waals surface area contributed by atoms with Crippen molar-refractivity contribution in [2.75, 3.05) is 68.9 Å². The zero-order chi connectivity index (χ0) is 29.9. The van der Waals surface area contributed by atoms with Crippen LogP contribution in [-0.2, 0) is 15.1 Å². The number of amides is 1. The van der Waals surface area contributed by atoms with E-state index < -0.39 is 24.7 Å². The van der Waals surface area contributed by atoms with Crippen LogP contribution in [0.4, 0.5) is 24.7 Å². The summed E-state index contributed by atoms with van der Waals surface area (Å²) in [5, 5.41) is 4.45. The molecule has 7 heterocycles. The first kappa shape index (κ1) is 28.4. The molecule has 5 aliphatic heterocycles. The molecule has 0 N–H and O–H groups in total. The van der Waals surface area contributed by atoms with Gasteiger partial charge in [0, 0.05) is 69.5 Å². The van der Waals surface area contributed by atoms with Gasteiger partial charge in [0.15, 0.2) is 0 Å². The van der Waals surface area contributed by atoms with Crippen LogP contribution in [-0.4, -0.2) is 102 Å². The normalized spacial score (nSPS) is 26.5. The zero-order valence-corrected chi connectivity index (χ0v) is 24.5. The molecule has 3 fully saturated rings. The molecule has 2 aromatic rings. The lowest BCUT2D eigenvalue weighted by molar-refractivity contribution is -0.128. The third kappa shape index (κ3) is 4.64. The summed E-state index contributed by atoms with van der Waals surface area (Å²) in [5.74, 6) is 0.518. The van der Waals surface area contributed by atoms with Gasteiger partial charge in [-0.2, -0.15) is 5.10 Å². The first-order valence-electron chi connectivity index (χ1n) is 15.2. The number of halogens is 3. The number of ether oxygens (including phenoxy) is 1. The van der Waals surface area contributed by atoms with Crippen LogP contribution in [0.2, 0.25) is 0 Å². The quantitative estimate of drug-likeness (QED) is 0.485. The molecule has 43 heavy (non-hydrogen) atoms. The van der Waals surface area contributed by atoms with Crippen molar-refractivity contribution in [3.8, 4) is 0 Å². The van der Waals surface area contributed by atoms with Crippen molar-refractivity contribution in [1.29, 1.82) is 0 Å². The molecule has 0 saturated carbocycles. The molecule has 3 saturated heterocycles. The highest BCUT2D eigenvalue weighted by molar-refractivity contribution is 5.87. The highest BCUT2D eigenvalue weighted by Crippen LogP contribution is 2.46. The maximum Gasteiger partial charge on any atom is 0.281 e. The van der Waals surface area contributed by atoms with Crippen LogP contribution in [0.15, 0.2) is 31.0 Å². The van der Waals surface area contributed by atoms with Crippen molar-refractivity contribution < 1.29 is 22.7 Å². The molecule has 0 aliphatic carbocycles. The maximum absolute atomic E-state index is 14.5. The molecular weight excluding hydrogens is 559 g/mol. The van der Waals surface area contributed by atoms with E-state index >= 15 is 0 Å². The molecule has 230 valence electrons. The van der Waals surface area contributed by atoms with Gasteiger partial charge in [0.1, 0.15) is 29.8 Å². The molecule has 12 heteroatoms. The average molecular weight is 598 g/mol. The summed E-state index contributed by atoms with van der Waals surface area (Å²) in [5.41, 5.74) is 2.47. The number of anilines is 2. The Morgan fingerprint density at radius 3 is 2.65 bits per heavy atom. The number of rotatable bonds is 5. The van der Waals surface area contributed by atoms with Crippen LogP contribution in [0.1, 0.15) is 54.2 Å². The maximum atomic E-state index is 14.5. The van der Waals surface area contributed by atoms with Gasteiger partial charge in [0.05, 0.1) is 24.2 Å². The summed E-state index contributed by atoms with van der Waals surface area (Å²) < 4.78 is 50.7. The first-order valence-corrected chi connectivity index (χ1v) is 15.2. The largest absolute Gasteiger partial charge is 0.366 e. The number of hydrogen-bond acceptors (Lipinski definition) is 7. The molecule has 0 radical (unpaired) electrons. The number of aryl methyl sites for hydroxylation is 1. The van der Waals surface area contributed by atoms with Crippen molar-refractivity contribution in [2.24, 2.45) is 0 Å². The molecule has 5 aliphatic rings. The van der Waals surface area contributed by atoms with Crippen molar-refractivity contribution in [3.63, 3.8) is 0 Å². The van der Waals surface area contributed by atoms with Crippen LogP contribution in [0.5, 0.6) is 0 Å². The Hall–Kier alpha value is -3.38. The standard InChI is InChI=1S/C31H38F3N7O2/c1-3-27(42)39-13-11-37(12-14-39)25-18-40-23(25)6-4-5-22-24(40)15-26(36-28(22)30(33)34)38-9-7-31(8-10-38)29-20(2)17-35-41(29)21(16-32)19-43-31/h3-5,15,17,21,23,25,30H,1,6-14,16,18-19H2,2H3/t21?,23?,25-/m1/s1. The van der Waals surface area contributed by atoms with Crippen molar-refractivity contribution in [3.05, 3.63) is 53.5 Å². The van der Waals surface area contributed by atoms with Crippen molar-refractivity contribution in [2.45, 2.75) is 56.3 Å². The minimum Gasteiger partial charge on any atom is -0.366 e. The highest BCUT2D eigenvalue weighted by Gasteiger charge is 2.47. The summed E-state index contributed by atoms with van der Waals surface area (Å²) >= 11 is 0. The second kappa shape index (κ2) is 11.0. The van der Waals surface area contributed by atoms with Crippen LogP contribution >= 0.6 is 0 Å². The predicted molar refractivity (Wildman–Crippen MR) is 157 cm³/mol. The topological polar surface area (TPSA) is 70.0 Å². The average Bonchev–Trinajstić information content (AvgIpc) is 3.35. The minimum atomic E-state index is -2.70. The van der Waals surface area contributed by atoms with Gasteiger partial charge in [0.2, 0.25) is 5.91 Å². The number of piperazine rings is 1. The van der Waals surface area contributed by atoms with Gasteiger partial charge in [-0.05, 0) is 37.8 Å². The van der Waals surface area contributed by atoms with E-state index in [1.807, 2.05) is 30.0 Å². The number of carbonyl (C=O) groups excluding carboxylic acids is 1. The Balaban J connectivity index is 1.11. The summed E-state index contributed by atoms with van der Waals surface area (Å²) in [4.78, 5) is 25.1. The first-order chi connectivity index (χ1) is 20.8. The second-order valence-electron chi connectivity index (χ2n) is 12.3. The molecule has 2 aromatic heterocycles. The third-order valence-corrected chi connectivity index (χ3v) is 10.1. The van der Waals surface area contributed by atoms with E-state index in [9.17, 15) is 18.0 Å². The molecule has 0 aromatic carbocycles. The summed E-state index contributed by atoms with van der Waals surface area (Å²) in [6.45, 7) is 10.1. The number of alkyl halides is 3. The Morgan fingerprint density at radius 2 is 1.95 bits per heavy atom. The molecule has 1 spiro atoms. The van der Waals surface area contributed by atoms with Gasteiger partial charge in [-0.1, -0.05) is 18.7 Å². The van der Waals surface area contributed by atoms with E-state index in [2.05, 4.69) is 31.4 Å². The van der Waals surface area contributed by atoms with Crippen molar-refractivity contribution >= 4 is 23.5 Å². The van der Waals surface area contributed by atoms with Gasteiger partial charge in [-0.3, -0.25) is 14.4 Å². The molecule has 9 nitrogen and oxygen atoms in total. The number of piperidine rings is 1. The Labute approximate surface area is 249 Å². The monoisotopic (exact) mass is 597 g/mol. The molecular formula is C31H38F3N7O2. The Kier molecular flexibility index (Phi) is 7.24. The number of aromatic nitrogens is 3. The molecule has 2 unspecified atom stereocenters. The fourth-order valence-electron chi connectivity index (χ4n) is 7.74. The fraction of sp³-hybridized carbons (Fsp3) is 0.581. The molecule has 1 amide bonds. The Morgan fingerprint density at radius 1 is 1.19 bits per heavy atom. The summed E-state index contributed by atoms with van der Waals surface area (Å²) in [6.07, 6.45) is 6.29. The fourth-order valence-corrected chi connectivity index (χ4v) is 7.74.